The van der Waals surface area contributed by atoms with Gasteiger partial charge < -0.3 is 5.32 Å². The van der Waals surface area contributed by atoms with Gasteiger partial charge in [0.25, 0.3) is 0 Å². The summed E-state index contributed by atoms with van der Waals surface area (Å²) >= 11 is 11.2. The summed E-state index contributed by atoms with van der Waals surface area (Å²) in [5, 5.41) is 6.00. The Kier molecular flexibility index (Phi) is 6.02. The van der Waals surface area contributed by atoms with E-state index in [0.29, 0.717) is 5.92 Å². The number of aromatic nitrogens is 2. The SMILES string of the molecule is CCCNc1nc(-c2cc(Cl)cs2)nc(CC(C)C)c1Br. The van der Waals surface area contributed by atoms with Gasteiger partial charge in [0.1, 0.15) is 5.82 Å². The Morgan fingerprint density at radius 3 is 2.71 bits per heavy atom. The number of hydrogen-bond acceptors (Lipinski definition) is 4. The molecule has 0 bridgehead atoms. The summed E-state index contributed by atoms with van der Waals surface area (Å²) in [5.41, 5.74) is 1.04. The van der Waals surface area contributed by atoms with E-state index in [1.807, 2.05) is 11.4 Å². The Balaban J connectivity index is 2.44. The third-order valence-corrected chi connectivity index (χ3v) is 4.96. The molecule has 0 aliphatic heterocycles. The summed E-state index contributed by atoms with van der Waals surface area (Å²) in [5.74, 6) is 2.14. The van der Waals surface area contributed by atoms with E-state index in [-0.39, 0.29) is 0 Å². The number of halogens is 2. The third-order valence-electron chi connectivity index (χ3n) is 2.85. The largest absolute Gasteiger partial charge is 0.369 e. The van der Waals surface area contributed by atoms with Crippen molar-refractivity contribution in [2.45, 2.75) is 33.6 Å². The van der Waals surface area contributed by atoms with Gasteiger partial charge in [-0.1, -0.05) is 32.4 Å². The van der Waals surface area contributed by atoms with E-state index in [1.165, 1.54) is 0 Å². The first-order valence-corrected chi connectivity index (χ1v) is 9.11. The van der Waals surface area contributed by atoms with Crippen LogP contribution in [-0.4, -0.2) is 16.5 Å². The van der Waals surface area contributed by atoms with E-state index in [4.69, 9.17) is 16.6 Å². The minimum absolute atomic E-state index is 0.537. The lowest BCUT2D eigenvalue weighted by atomic mass is 10.1. The molecule has 21 heavy (non-hydrogen) atoms. The van der Waals surface area contributed by atoms with Gasteiger partial charge in [0.2, 0.25) is 0 Å². The molecular formula is C15H19BrClN3S. The van der Waals surface area contributed by atoms with E-state index in [2.05, 4.69) is 47.0 Å². The maximum atomic E-state index is 6.02. The zero-order chi connectivity index (χ0) is 15.4. The molecular weight excluding hydrogens is 370 g/mol. The van der Waals surface area contributed by atoms with Crippen LogP contribution < -0.4 is 5.32 Å². The molecule has 0 fully saturated rings. The topological polar surface area (TPSA) is 37.8 Å². The Labute approximate surface area is 143 Å². The van der Waals surface area contributed by atoms with Gasteiger partial charge in [0.15, 0.2) is 5.82 Å². The third kappa shape index (κ3) is 4.41. The monoisotopic (exact) mass is 387 g/mol. The van der Waals surface area contributed by atoms with E-state index in [0.717, 1.165) is 51.1 Å². The molecule has 1 N–H and O–H groups in total. The van der Waals surface area contributed by atoms with Crippen LogP contribution in [0.4, 0.5) is 5.82 Å². The molecule has 0 saturated heterocycles. The minimum atomic E-state index is 0.537. The molecule has 0 aliphatic rings. The highest BCUT2D eigenvalue weighted by atomic mass is 79.9. The Hall–Kier alpha value is -0.650. The van der Waals surface area contributed by atoms with Gasteiger partial charge in [-0.05, 0) is 40.8 Å². The average molecular weight is 389 g/mol. The summed E-state index contributed by atoms with van der Waals surface area (Å²) in [7, 11) is 0. The molecule has 0 amide bonds. The number of hydrogen-bond donors (Lipinski definition) is 1. The van der Waals surface area contributed by atoms with Crippen LogP contribution in [0.15, 0.2) is 15.9 Å². The number of anilines is 1. The first-order chi connectivity index (χ1) is 10.0. The van der Waals surface area contributed by atoms with Gasteiger partial charge in [-0.2, -0.15) is 0 Å². The molecule has 3 nitrogen and oxygen atoms in total. The van der Waals surface area contributed by atoms with Crippen LogP contribution in [0.2, 0.25) is 5.02 Å². The van der Waals surface area contributed by atoms with Crippen LogP contribution in [0, 0.1) is 5.92 Å². The maximum Gasteiger partial charge on any atom is 0.171 e. The summed E-state index contributed by atoms with van der Waals surface area (Å²) in [6.45, 7) is 7.41. The predicted molar refractivity (Wildman–Crippen MR) is 95.4 cm³/mol. The number of rotatable bonds is 6. The van der Waals surface area contributed by atoms with Crippen molar-refractivity contribution in [2.24, 2.45) is 5.92 Å². The van der Waals surface area contributed by atoms with Crippen LogP contribution in [0.1, 0.15) is 32.9 Å². The standard InChI is InChI=1S/C15H19BrClN3S/c1-4-5-18-15-13(16)11(6-9(2)3)19-14(20-15)12-7-10(17)8-21-12/h7-9H,4-6H2,1-3H3,(H,18,19,20). The van der Waals surface area contributed by atoms with Gasteiger partial charge in [0.05, 0.1) is 20.1 Å². The van der Waals surface area contributed by atoms with E-state index in [9.17, 15) is 0 Å². The molecule has 0 radical (unpaired) electrons. The smallest absolute Gasteiger partial charge is 0.171 e. The predicted octanol–water partition coefficient (Wildman–Crippen LogP) is 5.64. The number of thiophene rings is 1. The maximum absolute atomic E-state index is 6.02. The fraction of sp³-hybridized carbons (Fsp3) is 0.467. The summed E-state index contributed by atoms with van der Waals surface area (Å²) in [6, 6.07) is 1.91. The molecule has 0 atom stereocenters. The molecule has 0 spiro atoms. The van der Waals surface area contributed by atoms with Crippen LogP contribution in [-0.2, 0) is 6.42 Å². The molecule has 114 valence electrons. The Bertz CT molecular complexity index is 613. The van der Waals surface area contributed by atoms with Crippen molar-refractivity contribution in [3.63, 3.8) is 0 Å². The van der Waals surface area contributed by atoms with Crippen molar-refractivity contribution in [1.82, 2.24) is 9.97 Å². The molecule has 6 heteroatoms. The first kappa shape index (κ1) is 16.7. The fourth-order valence-electron chi connectivity index (χ4n) is 1.92. The zero-order valence-electron chi connectivity index (χ0n) is 12.4. The van der Waals surface area contributed by atoms with Crippen LogP contribution >= 0.6 is 38.9 Å². The average Bonchev–Trinajstić information content (AvgIpc) is 2.86. The first-order valence-electron chi connectivity index (χ1n) is 7.06. The van der Waals surface area contributed by atoms with Crippen molar-refractivity contribution in [3.8, 4) is 10.7 Å². The highest BCUT2D eigenvalue weighted by Gasteiger charge is 2.15. The van der Waals surface area contributed by atoms with Crippen LogP contribution in [0.25, 0.3) is 10.7 Å². The van der Waals surface area contributed by atoms with Crippen molar-refractivity contribution in [3.05, 3.63) is 26.6 Å². The highest BCUT2D eigenvalue weighted by Crippen LogP contribution is 2.32. The molecule has 2 aromatic rings. The van der Waals surface area contributed by atoms with Crippen molar-refractivity contribution in [1.29, 1.82) is 0 Å². The van der Waals surface area contributed by atoms with Gasteiger partial charge in [-0.3, -0.25) is 0 Å². The fourth-order valence-corrected chi connectivity index (χ4v) is 3.40. The lowest BCUT2D eigenvalue weighted by Crippen LogP contribution is -2.08. The van der Waals surface area contributed by atoms with E-state index < -0.39 is 0 Å². The summed E-state index contributed by atoms with van der Waals surface area (Å²) in [4.78, 5) is 10.4. The quantitative estimate of drug-likeness (QED) is 0.695. The van der Waals surface area contributed by atoms with E-state index >= 15 is 0 Å². The second kappa shape index (κ2) is 7.56. The van der Waals surface area contributed by atoms with Crippen molar-refractivity contribution in [2.75, 3.05) is 11.9 Å². The van der Waals surface area contributed by atoms with E-state index in [1.54, 1.807) is 11.3 Å². The second-order valence-electron chi connectivity index (χ2n) is 5.31. The highest BCUT2D eigenvalue weighted by molar-refractivity contribution is 9.10. The van der Waals surface area contributed by atoms with Gasteiger partial charge in [-0.15, -0.1) is 11.3 Å². The molecule has 2 heterocycles. The molecule has 2 rings (SSSR count). The van der Waals surface area contributed by atoms with Gasteiger partial charge >= 0.3 is 0 Å². The Morgan fingerprint density at radius 1 is 1.38 bits per heavy atom. The normalized spacial score (nSPS) is 11.1. The summed E-state index contributed by atoms with van der Waals surface area (Å²) < 4.78 is 0.969. The van der Waals surface area contributed by atoms with Crippen LogP contribution in [0.5, 0.6) is 0 Å². The molecule has 0 saturated carbocycles. The molecule has 0 unspecified atom stereocenters. The number of nitrogens with one attached hydrogen (secondary N) is 1. The van der Waals surface area contributed by atoms with Crippen molar-refractivity contribution >= 4 is 44.7 Å². The molecule has 0 aromatic carbocycles. The Morgan fingerprint density at radius 2 is 2.14 bits per heavy atom. The molecule has 2 aromatic heterocycles. The number of nitrogens with zero attached hydrogens (tertiary/aromatic N) is 2. The van der Waals surface area contributed by atoms with Crippen LogP contribution in [0.3, 0.4) is 0 Å². The van der Waals surface area contributed by atoms with Gasteiger partial charge in [-0.25, -0.2) is 9.97 Å². The minimum Gasteiger partial charge on any atom is -0.369 e. The second-order valence-corrected chi connectivity index (χ2v) is 7.45. The van der Waals surface area contributed by atoms with Crippen molar-refractivity contribution < 1.29 is 0 Å². The summed E-state index contributed by atoms with van der Waals surface area (Å²) in [6.07, 6.45) is 1.96. The molecule has 0 aliphatic carbocycles. The van der Waals surface area contributed by atoms with Gasteiger partial charge in [0, 0.05) is 11.9 Å². The zero-order valence-corrected chi connectivity index (χ0v) is 15.6. The lowest BCUT2D eigenvalue weighted by Gasteiger charge is -2.13. The lowest BCUT2D eigenvalue weighted by molar-refractivity contribution is 0.632.